The maximum atomic E-state index is 12.0. The molecule has 0 aliphatic carbocycles. The van der Waals surface area contributed by atoms with Crippen LogP contribution in [0.2, 0.25) is 0 Å². The Labute approximate surface area is 133 Å². The quantitative estimate of drug-likeness (QED) is 0.399. The lowest BCUT2D eigenvalue weighted by Crippen LogP contribution is -2.55. The van der Waals surface area contributed by atoms with E-state index in [1.165, 1.54) is 6.92 Å². The predicted molar refractivity (Wildman–Crippen MR) is 82.4 cm³/mol. The van der Waals surface area contributed by atoms with E-state index in [0.717, 1.165) is 5.56 Å². The van der Waals surface area contributed by atoms with Gasteiger partial charge in [0, 0.05) is 6.42 Å². The van der Waals surface area contributed by atoms with Crippen LogP contribution in [0.3, 0.4) is 0 Å². The maximum Gasteiger partial charge on any atom is 0.326 e. The van der Waals surface area contributed by atoms with E-state index >= 15 is 0 Å². The number of carbonyl (C=O) groups excluding carboxylic acids is 2. The fourth-order valence-electron chi connectivity index (χ4n) is 1.82. The molecule has 1 rings (SSSR count). The van der Waals surface area contributed by atoms with Gasteiger partial charge in [0.15, 0.2) is 0 Å². The first kappa shape index (κ1) is 18.6. The first-order valence-electron chi connectivity index (χ1n) is 7.09. The van der Waals surface area contributed by atoms with Crippen molar-refractivity contribution in [1.82, 2.24) is 10.6 Å². The molecule has 126 valence electrons. The van der Waals surface area contributed by atoms with Gasteiger partial charge in [-0.15, -0.1) is 0 Å². The van der Waals surface area contributed by atoms with E-state index in [0.29, 0.717) is 0 Å². The van der Waals surface area contributed by atoms with Crippen molar-refractivity contribution in [2.75, 3.05) is 6.61 Å². The Bertz CT molecular complexity index is 547. The molecule has 2 amide bonds. The van der Waals surface area contributed by atoms with Crippen molar-refractivity contribution in [3.05, 3.63) is 35.9 Å². The van der Waals surface area contributed by atoms with Gasteiger partial charge in [-0.1, -0.05) is 30.3 Å². The lowest BCUT2D eigenvalue weighted by molar-refractivity contribution is -0.142. The van der Waals surface area contributed by atoms with Gasteiger partial charge in [0.1, 0.15) is 12.1 Å². The highest BCUT2D eigenvalue weighted by Gasteiger charge is 2.26. The average molecular weight is 323 g/mol. The summed E-state index contributed by atoms with van der Waals surface area (Å²) in [5.74, 6) is -2.61. The van der Waals surface area contributed by atoms with Gasteiger partial charge in [0.05, 0.1) is 12.6 Å². The van der Waals surface area contributed by atoms with Crippen molar-refractivity contribution in [2.24, 2.45) is 5.73 Å². The molecule has 0 radical (unpaired) electrons. The number of nitrogens with two attached hydrogens (primary N) is 1. The smallest absolute Gasteiger partial charge is 0.326 e. The Morgan fingerprint density at radius 3 is 2.13 bits per heavy atom. The number of aliphatic hydroxyl groups is 1. The average Bonchev–Trinajstić information content (AvgIpc) is 2.52. The Hall–Kier alpha value is -2.45. The molecule has 0 aliphatic rings. The van der Waals surface area contributed by atoms with Gasteiger partial charge in [0.2, 0.25) is 11.8 Å². The second-order valence-electron chi connectivity index (χ2n) is 5.12. The van der Waals surface area contributed by atoms with Gasteiger partial charge >= 0.3 is 5.97 Å². The minimum Gasteiger partial charge on any atom is -0.480 e. The molecule has 6 N–H and O–H groups in total. The van der Waals surface area contributed by atoms with Crippen LogP contribution in [0.15, 0.2) is 30.3 Å². The van der Waals surface area contributed by atoms with Crippen molar-refractivity contribution in [3.63, 3.8) is 0 Å². The molecule has 1 aromatic rings. The molecule has 0 spiro atoms. The van der Waals surface area contributed by atoms with Crippen molar-refractivity contribution >= 4 is 17.8 Å². The summed E-state index contributed by atoms with van der Waals surface area (Å²) in [5, 5.41) is 23.0. The van der Waals surface area contributed by atoms with Crippen LogP contribution in [0, 0.1) is 0 Å². The van der Waals surface area contributed by atoms with Gasteiger partial charge in [-0.3, -0.25) is 9.59 Å². The molecule has 0 aromatic heterocycles. The zero-order valence-electron chi connectivity index (χ0n) is 12.7. The normalized spacial score (nSPS) is 14.4. The van der Waals surface area contributed by atoms with E-state index in [1.54, 1.807) is 30.3 Å². The SMILES string of the molecule is CC(N)C(=O)NC(CO)C(=O)NC(Cc1ccccc1)C(=O)O. The van der Waals surface area contributed by atoms with Crippen molar-refractivity contribution in [2.45, 2.75) is 31.5 Å². The van der Waals surface area contributed by atoms with Gasteiger partial charge in [-0.05, 0) is 12.5 Å². The summed E-state index contributed by atoms with van der Waals surface area (Å²) in [7, 11) is 0. The molecule has 3 atom stereocenters. The third-order valence-electron chi connectivity index (χ3n) is 3.13. The summed E-state index contributed by atoms with van der Waals surface area (Å²) in [4.78, 5) is 34.8. The summed E-state index contributed by atoms with van der Waals surface area (Å²) in [6.45, 7) is 0.763. The first-order valence-corrected chi connectivity index (χ1v) is 7.09. The Morgan fingerprint density at radius 1 is 1.09 bits per heavy atom. The molecule has 0 heterocycles. The molecule has 8 heteroatoms. The molecule has 3 unspecified atom stereocenters. The second kappa shape index (κ2) is 8.86. The monoisotopic (exact) mass is 323 g/mol. The van der Waals surface area contributed by atoms with Gasteiger partial charge < -0.3 is 26.6 Å². The third-order valence-corrected chi connectivity index (χ3v) is 3.13. The molecule has 8 nitrogen and oxygen atoms in total. The van der Waals surface area contributed by atoms with Crippen LogP contribution in [0.1, 0.15) is 12.5 Å². The maximum absolute atomic E-state index is 12.0. The Kier molecular flexibility index (Phi) is 7.17. The van der Waals surface area contributed by atoms with Gasteiger partial charge in [0.25, 0.3) is 0 Å². The number of benzene rings is 1. The zero-order chi connectivity index (χ0) is 17.4. The minimum absolute atomic E-state index is 0.0846. The summed E-state index contributed by atoms with van der Waals surface area (Å²) in [6.07, 6.45) is 0.0846. The van der Waals surface area contributed by atoms with Crippen LogP contribution in [0.25, 0.3) is 0 Å². The number of nitrogens with one attached hydrogen (secondary N) is 2. The van der Waals surface area contributed by atoms with Crippen LogP contribution < -0.4 is 16.4 Å². The van der Waals surface area contributed by atoms with Gasteiger partial charge in [-0.2, -0.15) is 0 Å². The zero-order valence-corrected chi connectivity index (χ0v) is 12.7. The van der Waals surface area contributed by atoms with E-state index in [1.807, 2.05) is 0 Å². The summed E-state index contributed by atoms with van der Waals surface area (Å²) < 4.78 is 0. The summed E-state index contributed by atoms with van der Waals surface area (Å²) in [5.41, 5.74) is 6.11. The highest BCUT2D eigenvalue weighted by molar-refractivity contribution is 5.91. The highest BCUT2D eigenvalue weighted by Crippen LogP contribution is 2.04. The van der Waals surface area contributed by atoms with E-state index in [9.17, 15) is 24.6 Å². The summed E-state index contributed by atoms with van der Waals surface area (Å²) in [6, 6.07) is 5.51. The fourth-order valence-corrected chi connectivity index (χ4v) is 1.82. The van der Waals surface area contributed by atoms with E-state index < -0.39 is 42.5 Å². The fraction of sp³-hybridized carbons (Fsp3) is 0.400. The molecule has 23 heavy (non-hydrogen) atoms. The van der Waals surface area contributed by atoms with Crippen LogP contribution in [-0.4, -0.2) is 52.7 Å². The number of carboxylic acid groups (broad SMARTS) is 1. The topological polar surface area (TPSA) is 142 Å². The lowest BCUT2D eigenvalue weighted by Gasteiger charge is -2.20. The number of hydrogen-bond donors (Lipinski definition) is 5. The van der Waals surface area contributed by atoms with Crippen LogP contribution in [0.4, 0.5) is 0 Å². The Morgan fingerprint density at radius 2 is 1.65 bits per heavy atom. The predicted octanol–water partition coefficient (Wildman–Crippen LogP) is -1.38. The molecule has 0 saturated heterocycles. The first-order chi connectivity index (χ1) is 10.8. The largest absolute Gasteiger partial charge is 0.480 e. The van der Waals surface area contributed by atoms with Crippen LogP contribution in [-0.2, 0) is 20.8 Å². The number of carbonyl (C=O) groups is 3. The summed E-state index contributed by atoms with van der Waals surface area (Å²) >= 11 is 0. The number of carboxylic acids is 1. The van der Waals surface area contributed by atoms with E-state index in [-0.39, 0.29) is 6.42 Å². The standard InChI is InChI=1S/C15H21N3O5/c1-9(16)13(20)18-12(8-19)14(21)17-11(15(22)23)7-10-5-3-2-4-6-10/h2-6,9,11-12,19H,7-8,16H2,1H3,(H,17,21)(H,18,20)(H,22,23). The van der Waals surface area contributed by atoms with E-state index in [4.69, 9.17) is 5.73 Å². The molecule has 0 aliphatic heterocycles. The molecule has 0 fully saturated rings. The highest BCUT2D eigenvalue weighted by atomic mass is 16.4. The lowest BCUT2D eigenvalue weighted by atomic mass is 10.1. The molecular weight excluding hydrogens is 302 g/mol. The molecule has 1 aromatic carbocycles. The van der Waals surface area contributed by atoms with Crippen molar-refractivity contribution in [3.8, 4) is 0 Å². The minimum atomic E-state index is -1.26. The van der Waals surface area contributed by atoms with E-state index in [2.05, 4.69) is 10.6 Å². The third kappa shape index (κ3) is 6.05. The number of amides is 2. The van der Waals surface area contributed by atoms with Crippen LogP contribution in [0.5, 0.6) is 0 Å². The molecule has 0 bridgehead atoms. The number of aliphatic hydroxyl groups excluding tert-OH is 1. The van der Waals surface area contributed by atoms with Crippen molar-refractivity contribution in [1.29, 1.82) is 0 Å². The second-order valence-corrected chi connectivity index (χ2v) is 5.12. The number of hydrogen-bond acceptors (Lipinski definition) is 5. The Balaban J connectivity index is 2.72. The van der Waals surface area contributed by atoms with Gasteiger partial charge in [-0.25, -0.2) is 4.79 Å². The van der Waals surface area contributed by atoms with Crippen molar-refractivity contribution < 1.29 is 24.6 Å². The number of rotatable bonds is 8. The molecule has 0 saturated carbocycles. The van der Waals surface area contributed by atoms with Crippen LogP contribution >= 0.6 is 0 Å². The molecular formula is C15H21N3O5. The number of aliphatic carboxylic acids is 1.